The van der Waals surface area contributed by atoms with Crippen LogP contribution in [0.25, 0.3) is 0 Å². The molecule has 0 aliphatic carbocycles. The van der Waals surface area contributed by atoms with Crippen molar-refractivity contribution in [1.29, 1.82) is 0 Å². The van der Waals surface area contributed by atoms with Crippen molar-refractivity contribution in [2.24, 2.45) is 5.73 Å². The number of nitrogens with two attached hydrogens (primary N) is 1. The molecule has 0 radical (unpaired) electrons. The van der Waals surface area contributed by atoms with Crippen LogP contribution >= 0.6 is 0 Å². The van der Waals surface area contributed by atoms with Gasteiger partial charge in [0.25, 0.3) is 5.91 Å². The molecule has 0 aliphatic heterocycles. The maximum Gasteiger partial charge on any atom is 0.259 e. The fourth-order valence-electron chi connectivity index (χ4n) is 1.05. The molecule has 0 spiro atoms. The molecule has 1 aromatic heterocycles. The third-order valence-electron chi connectivity index (χ3n) is 2.30. The molecule has 1 rings (SSSR count). The normalized spacial score (nSPS) is 12.6. The number of hydrogen-bond donors (Lipinski definition) is 1. The van der Waals surface area contributed by atoms with Crippen molar-refractivity contribution in [3.05, 3.63) is 17.5 Å². The molecular formula is C9H15N3O2. The number of aromatic nitrogens is 1. The van der Waals surface area contributed by atoms with E-state index in [0.717, 1.165) is 0 Å². The van der Waals surface area contributed by atoms with Crippen molar-refractivity contribution < 1.29 is 9.32 Å². The van der Waals surface area contributed by atoms with Gasteiger partial charge >= 0.3 is 0 Å². The van der Waals surface area contributed by atoms with Crippen LogP contribution < -0.4 is 5.73 Å². The van der Waals surface area contributed by atoms with Crippen LogP contribution in [-0.2, 0) is 0 Å². The lowest BCUT2D eigenvalue weighted by Crippen LogP contribution is -2.39. The topological polar surface area (TPSA) is 72.4 Å². The van der Waals surface area contributed by atoms with Gasteiger partial charge in [0.1, 0.15) is 11.3 Å². The fraction of sp³-hybridized carbons (Fsp3) is 0.556. The summed E-state index contributed by atoms with van der Waals surface area (Å²) in [6.07, 6.45) is 1.43. The molecule has 5 nitrogen and oxygen atoms in total. The minimum absolute atomic E-state index is 0.0109. The molecular weight excluding hydrogens is 182 g/mol. The molecule has 0 aromatic carbocycles. The minimum Gasteiger partial charge on any atom is -0.361 e. The van der Waals surface area contributed by atoms with Crippen LogP contribution in [0.5, 0.6) is 0 Å². The molecule has 2 N–H and O–H groups in total. The van der Waals surface area contributed by atoms with E-state index in [1.54, 1.807) is 18.9 Å². The lowest BCUT2D eigenvalue weighted by Gasteiger charge is -2.22. The van der Waals surface area contributed by atoms with Crippen LogP contribution in [0.15, 0.2) is 10.7 Å². The van der Waals surface area contributed by atoms with Crippen LogP contribution in [0, 0.1) is 6.92 Å². The van der Waals surface area contributed by atoms with Crippen LogP contribution in [-0.4, -0.2) is 35.6 Å². The first kappa shape index (κ1) is 10.7. The van der Waals surface area contributed by atoms with Crippen molar-refractivity contribution in [2.45, 2.75) is 19.9 Å². The van der Waals surface area contributed by atoms with Gasteiger partial charge in [0.05, 0.1) is 6.20 Å². The zero-order valence-electron chi connectivity index (χ0n) is 8.65. The van der Waals surface area contributed by atoms with Crippen LogP contribution in [0.2, 0.25) is 0 Å². The van der Waals surface area contributed by atoms with Gasteiger partial charge in [-0.05, 0) is 13.8 Å². The second-order valence-electron chi connectivity index (χ2n) is 3.30. The summed E-state index contributed by atoms with van der Waals surface area (Å²) < 4.78 is 4.82. The number of nitrogens with zero attached hydrogens (tertiary/aromatic N) is 2. The molecule has 1 atom stereocenters. The van der Waals surface area contributed by atoms with E-state index in [-0.39, 0.29) is 11.9 Å². The van der Waals surface area contributed by atoms with Crippen LogP contribution in [0.1, 0.15) is 23.0 Å². The highest BCUT2D eigenvalue weighted by atomic mass is 16.5. The Hall–Kier alpha value is -1.36. The van der Waals surface area contributed by atoms with Gasteiger partial charge in [0, 0.05) is 19.6 Å². The van der Waals surface area contributed by atoms with E-state index in [4.69, 9.17) is 10.3 Å². The molecule has 5 heteroatoms. The van der Waals surface area contributed by atoms with Gasteiger partial charge in [0.15, 0.2) is 0 Å². The Morgan fingerprint density at radius 3 is 2.86 bits per heavy atom. The zero-order valence-corrected chi connectivity index (χ0v) is 8.65. The first-order valence-corrected chi connectivity index (χ1v) is 4.46. The molecule has 0 bridgehead atoms. The number of hydrogen-bond acceptors (Lipinski definition) is 4. The standard InChI is InChI=1S/C9H15N3O2/c1-6(4-10)12(3)9(13)8-5-11-14-7(8)2/h5-6H,4,10H2,1-3H3. The van der Waals surface area contributed by atoms with Gasteiger partial charge < -0.3 is 15.2 Å². The number of carbonyl (C=O) groups is 1. The summed E-state index contributed by atoms with van der Waals surface area (Å²) in [5, 5.41) is 3.56. The highest BCUT2D eigenvalue weighted by Crippen LogP contribution is 2.10. The Balaban J connectivity index is 2.81. The Morgan fingerprint density at radius 1 is 1.79 bits per heavy atom. The summed E-state index contributed by atoms with van der Waals surface area (Å²) in [7, 11) is 1.71. The van der Waals surface area contributed by atoms with Gasteiger partial charge in [-0.15, -0.1) is 0 Å². The summed E-state index contributed by atoms with van der Waals surface area (Å²) in [5.41, 5.74) is 5.96. The van der Waals surface area contributed by atoms with Crippen LogP contribution in [0.4, 0.5) is 0 Å². The van der Waals surface area contributed by atoms with Gasteiger partial charge in [-0.2, -0.15) is 0 Å². The maximum atomic E-state index is 11.8. The van der Waals surface area contributed by atoms with Crippen molar-refractivity contribution >= 4 is 5.91 Å². The third kappa shape index (κ3) is 1.93. The van der Waals surface area contributed by atoms with Crippen molar-refractivity contribution in [1.82, 2.24) is 10.1 Å². The SMILES string of the molecule is Cc1oncc1C(=O)N(C)C(C)CN. The highest BCUT2D eigenvalue weighted by molar-refractivity contribution is 5.94. The molecule has 78 valence electrons. The van der Waals surface area contributed by atoms with E-state index in [0.29, 0.717) is 17.9 Å². The molecule has 0 saturated heterocycles. The molecule has 1 amide bonds. The quantitative estimate of drug-likeness (QED) is 0.761. The largest absolute Gasteiger partial charge is 0.361 e. The Morgan fingerprint density at radius 2 is 2.43 bits per heavy atom. The summed E-state index contributed by atoms with van der Waals surface area (Å²) in [5.74, 6) is 0.424. The van der Waals surface area contributed by atoms with Gasteiger partial charge in [-0.25, -0.2) is 0 Å². The molecule has 1 aromatic rings. The number of carbonyl (C=O) groups excluding carboxylic acids is 1. The summed E-state index contributed by atoms with van der Waals surface area (Å²) in [4.78, 5) is 13.4. The first-order valence-electron chi connectivity index (χ1n) is 4.46. The molecule has 0 aliphatic rings. The summed E-state index contributed by atoms with van der Waals surface area (Å²) >= 11 is 0. The van der Waals surface area contributed by atoms with Gasteiger partial charge in [-0.1, -0.05) is 5.16 Å². The average molecular weight is 197 g/mol. The molecule has 0 fully saturated rings. The molecule has 1 heterocycles. The second-order valence-corrected chi connectivity index (χ2v) is 3.30. The Kier molecular flexibility index (Phi) is 3.24. The smallest absolute Gasteiger partial charge is 0.259 e. The lowest BCUT2D eigenvalue weighted by atomic mass is 10.2. The van der Waals surface area contributed by atoms with E-state index < -0.39 is 0 Å². The fourth-order valence-corrected chi connectivity index (χ4v) is 1.05. The first-order chi connectivity index (χ1) is 6.57. The molecule has 1 unspecified atom stereocenters. The van der Waals surface area contributed by atoms with Gasteiger partial charge in [0.2, 0.25) is 0 Å². The monoisotopic (exact) mass is 197 g/mol. The third-order valence-corrected chi connectivity index (χ3v) is 2.30. The van der Waals surface area contributed by atoms with Crippen molar-refractivity contribution in [3.63, 3.8) is 0 Å². The zero-order chi connectivity index (χ0) is 10.7. The van der Waals surface area contributed by atoms with E-state index in [9.17, 15) is 4.79 Å². The Labute approximate surface area is 82.8 Å². The lowest BCUT2D eigenvalue weighted by molar-refractivity contribution is 0.0746. The average Bonchev–Trinajstić information content (AvgIpc) is 2.61. The number of likely N-dealkylation sites (N-methyl/N-ethyl adjacent to an activating group) is 1. The number of amides is 1. The predicted octanol–water partition coefficient (Wildman–Crippen LogP) is 0.402. The van der Waals surface area contributed by atoms with Crippen molar-refractivity contribution in [2.75, 3.05) is 13.6 Å². The minimum atomic E-state index is -0.110. The highest BCUT2D eigenvalue weighted by Gasteiger charge is 2.20. The van der Waals surface area contributed by atoms with E-state index in [1.807, 2.05) is 6.92 Å². The molecule has 14 heavy (non-hydrogen) atoms. The molecule has 0 saturated carbocycles. The maximum absolute atomic E-state index is 11.8. The van der Waals surface area contributed by atoms with Crippen molar-refractivity contribution in [3.8, 4) is 0 Å². The van der Waals surface area contributed by atoms with E-state index >= 15 is 0 Å². The summed E-state index contributed by atoms with van der Waals surface area (Å²) in [6.45, 7) is 4.04. The predicted molar refractivity (Wildman–Crippen MR) is 51.8 cm³/mol. The summed E-state index contributed by atoms with van der Waals surface area (Å²) in [6, 6.07) is 0.0109. The van der Waals surface area contributed by atoms with E-state index in [1.165, 1.54) is 6.20 Å². The second kappa shape index (κ2) is 4.23. The van der Waals surface area contributed by atoms with E-state index in [2.05, 4.69) is 5.16 Å². The Bertz CT molecular complexity index is 322. The van der Waals surface area contributed by atoms with Gasteiger partial charge in [-0.3, -0.25) is 4.79 Å². The van der Waals surface area contributed by atoms with Crippen LogP contribution in [0.3, 0.4) is 0 Å². The number of aryl methyl sites for hydroxylation is 1. The number of rotatable bonds is 3.